The number of para-hydroxylation sites is 1. The lowest BCUT2D eigenvalue weighted by Crippen LogP contribution is -2.34. The van der Waals surface area contributed by atoms with E-state index in [1.54, 1.807) is 24.3 Å². The molecule has 0 saturated heterocycles. The van der Waals surface area contributed by atoms with Crippen LogP contribution in [0, 0.1) is 0 Å². The van der Waals surface area contributed by atoms with Crippen LogP contribution in [0.5, 0.6) is 11.5 Å². The Morgan fingerprint density at radius 3 is 2.41 bits per heavy atom. The third kappa shape index (κ3) is 4.52. The molecule has 0 fully saturated rings. The molecule has 4 N–H and O–H groups in total. The number of amides is 2. The van der Waals surface area contributed by atoms with Crippen molar-refractivity contribution in [2.75, 3.05) is 0 Å². The average Bonchev–Trinajstić information content (AvgIpc) is 2.47. The van der Waals surface area contributed by atoms with Crippen molar-refractivity contribution in [1.29, 1.82) is 0 Å². The summed E-state index contributed by atoms with van der Waals surface area (Å²) in [4.78, 5) is 21.9. The summed E-state index contributed by atoms with van der Waals surface area (Å²) in [6.45, 7) is 0. The van der Waals surface area contributed by atoms with Gasteiger partial charge >= 0.3 is 12.0 Å². The molecule has 1 atom stereocenters. The third-order valence-corrected chi connectivity index (χ3v) is 2.93. The molecule has 2 rings (SSSR count). The number of carboxylic acid groups (broad SMARTS) is 1. The van der Waals surface area contributed by atoms with Crippen LogP contribution in [0.3, 0.4) is 0 Å². The normalized spacial score (nSPS) is 11.5. The predicted molar refractivity (Wildman–Crippen MR) is 80.7 cm³/mol. The Morgan fingerprint density at radius 1 is 1.09 bits per heavy atom. The molecule has 2 amide bonds. The van der Waals surface area contributed by atoms with Crippen molar-refractivity contribution in [2.45, 2.75) is 12.5 Å². The van der Waals surface area contributed by atoms with Crippen LogP contribution < -0.4 is 15.8 Å². The number of benzene rings is 2. The van der Waals surface area contributed by atoms with Crippen molar-refractivity contribution < 1.29 is 19.4 Å². The highest BCUT2D eigenvalue weighted by molar-refractivity contribution is 5.74. The van der Waals surface area contributed by atoms with Gasteiger partial charge in [0.15, 0.2) is 0 Å². The van der Waals surface area contributed by atoms with Crippen molar-refractivity contribution >= 4 is 12.0 Å². The molecule has 6 nitrogen and oxygen atoms in total. The second kappa shape index (κ2) is 7.12. The van der Waals surface area contributed by atoms with Crippen molar-refractivity contribution in [3.8, 4) is 11.5 Å². The maximum absolute atomic E-state index is 11.0. The van der Waals surface area contributed by atoms with Gasteiger partial charge in [-0.2, -0.15) is 0 Å². The Balaban J connectivity index is 2.20. The van der Waals surface area contributed by atoms with E-state index < -0.39 is 18.0 Å². The quantitative estimate of drug-likeness (QED) is 0.763. The topological polar surface area (TPSA) is 102 Å². The number of rotatable bonds is 6. The molecule has 0 heterocycles. The van der Waals surface area contributed by atoms with Crippen molar-refractivity contribution in [1.82, 2.24) is 5.32 Å². The molecule has 0 aliphatic carbocycles. The number of carbonyl (C=O) groups excluding carboxylic acids is 1. The lowest BCUT2D eigenvalue weighted by Gasteiger charge is -2.17. The molecule has 2 aromatic carbocycles. The molecule has 0 radical (unpaired) electrons. The fourth-order valence-corrected chi connectivity index (χ4v) is 2.02. The van der Waals surface area contributed by atoms with Gasteiger partial charge in [0.05, 0.1) is 12.5 Å². The number of carbonyl (C=O) groups is 2. The van der Waals surface area contributed by atoms with Crippen LogP contribution >= 0.6 is 0 Å². The number of hydrogen-bond donors (Lipinski definition) is 3. The van der Waals surface area contributed by atoms with E-state index in [9.17, 15) is 9.59 Å². The van der Waals surface area contributed by atoms with E-state index in [2.05, 4.69) is 5.32 Å². The van der Waals surface area contributed by atoms with E-state index >= 15 is 0 Å². The second-order valence-electron chi connectivity index (χ2n) is 4.65. The molecule has 2 aromatic rings. The summed E-state index contributed by atoms with van der Waals surface area (Å²) in [5.74, 6) is 0.177. The van der Waals surface area contributed by atoms with Crippen molar-refractivity contribution in [3.63, 3.8) is 0 Å². The molecule has 0 aliphatic rings. The van der Waals surface area contributed by atoms with E-state index in [-0.39, 0.29) is 6.42 Å². The number of urea groups is 1. The van der Waals surface area contributed by atoms with Crippen LogP contribution in [0.2, 0.25) is 0 Å². The summed E-state index contributed by atoms with van der Waals surface area (Å²) in [5.41, 5.74) is 5.70. The fourth-order valence-electron chi connectivity index (χ4n) is 2.02. The summed E-state index contributed by atoms with van der Waals surface area (Å²) in [6, 6.07) is 14.6. The van der Waals surface area contributed by atoms with Gasteiger partial charge in [-0.1, -0.05) is 30.3 Å². The minimum atomic E-state index is -1.03. The number of nitrogens with two attached hydrogens (primary N) is 1. The molecule has 6 heteroatoms. The summed E-state index contributed by atoms with van der Waals surface area (Å²) in [5, 5.41) is 11.4. The largest absolute Gasteiger partial charge is 0.481 e. The first kappa shape index (κ1) is 15.4. The number of primary amides is 1. The summed E-state index contributed by atoms with van der Waals surface area (Å²) in [7, 11) is 0. The predicted octanol–water partition coefficient (Wildman–Crippen LogP) is 2.66. The van der Waals surface area contributed by atoms with Gasteiger partial charge in [-0.05, 0) is 29.8 Å². The highest BCUT2D eigenvalue weighted by atomic mass is 16.5. The maximum Gasteiger partial charge on any atom is 0.312 e. The average molecular weight is 300 g/mol. The number of nitrogens with one attached hydrogen (secondary N) is 1. The number of hydrogen-bond acceptors (Lipinski definition) is 3. The van der Waals surface area contributed by atoms with Crippen molar-refractivity contribution in [3.05, 3.63) is 60.2 Å². The van der Waals surface area contributed by atoms with Crippen LogP contribution in [-0.2, 0) is 4.79 Å². The zero-order valence-electron chi connectivity index (χ0n) is 11.7. The molecular formula is C16H16N2O4. The van der Waals surface area contributed by atoms with E-state index in [0.29, 0.717) is 17.1 Å². The van der Waals surface area contributed by atoms with Crippen LogP contribution in [0.1, 0.15) is 18.0 Å². The van der Waals surface area contributed by atoms with E-state index in [1.165, 1.54) is 0 Å². The molecular weight excluding hydrogens is 284 g/mol. The number of carboxylic acids is 1. The number of ether oxygens (including phenoxy) is 1. The standard InChI is InChI=1S/C16H16N2O4/c17-16(21)18-14(10-15(19)20)11-5-4-8-13(9-11)22-12-6-2-1-3-7-12/h1-9,14H,10H2,(H,19,20)(H3,17,18,21)/t14-/m0/s1. The third-order valence-electron chi connectivity index (χ3n) is 2.93. The monoisotopic (exact) mass is 300 g/mol. The summed E-state index contributed by atoms with van der Waals surface area (Å²) >= 11 is 0. The van der Waals surface area contributed by atoms with E-state index in [1.807, 2.05) is 30.3 Å². The zero-order valence-corrected chi connectivity index (χ0v) is 11.7. The SMILES string of the molecule is NC(=O)N[C@@H](CC(=O)O)c1cccc(Oc2ccccc2)c1. The van der Waals surface area contributed by atoms with Gasteiger partial charge in [0, 0.05) is 0 Å². The molecule has 0 aromatic heterocycles. The lowest BCUT2D eigenvalue weighted by atomic mass is 10.0. The van der Waals surface area contributed by atoms with E-state index in [4.69, 9.17) is 15.6 Å². The Bertz CT molecular complexity index is 642. The maximum atomic E-state index is 11.0. The van der Waals surface area contributed by atoms with Gasteiger partial charge in [0.2, 0.25) is 0 Å². The molecule has 114 valence electrons. The van der Waals surface area contributed by atoms with E-state index in [0.717, 1.165) is 0 Å². The first-order chi connectivity index (χ1) is 10.5. The molecule has 0 unspecified atom stereocenters. The summed E-state index contributed by atoms with van der Waals surface area (Å²) < 4.78 is 5.69. The Hall–Kier alpha value is -3.02. The zero-order chi connectivity index (χ0) is 15.9. The van der Waals surface area contributed by atoms with Gasteiger partial charge in [0.1, 0.15) is 11.5 Å². The minimum Gasteiger partial charge on any atom is -0.481 e. The first-order valence-corrected chi connectivity index (χ1v) is 6.65. The molecule has 0 bridgehead atoms. The van der Waals surface area contributed by atoms with Crippen LogP contribution in [0.15, 0.2) is 54.6 Å². The Morgan fingerprint density at radius 2 is 1.77 bits per heavy atom. The lowest BCUT2D eigenvalue weighted by molar-refractivity contribution is -0.137. The number of aliphatic carboxylic acids is 1. The minimum absolute atomic E-state index is 0.266. The van der Waals surface area contributed by atoms with Gasteiger partial charge in [-0.25, -0.2) is 4.79 Å². The highest BCUT2D eigenvalue weighted by Crippen LogP contribution is 2.25. The smallest absolute Gasteiger partial charge is 0.312 e. The molecule has 0 aliphatic heterocycles. The van der Waals surface area contributed by atoms with Gasteiger partial charge in [0.25, 0.3) is 0 Å². The molecule has 0 spiro atoms. The molecule has 22 heavy (non-hydrogen) atoms. The van der Waals surface area contributed by atoms with Gasteiger partial charge in [-0.15, -0.1) is 0 Å². The van der Waals surface area contributed by atoms with Gasteiger partial charge in [-0.3, -0.25) is 4.79 Å². The summed E-state index contributed by atoms with van der Waals surface area (Å²) in [6.07, 6.45) is -0.266. The Kier molecular flexibility index (Phi) is 4.98. The fraction of sp³-hybridized carbons (Fsp3) is 0.125. The van der Waals surface area contributed by atoms with Crippen molar-refractivity contribution in [2.24, 2.45) is 5.73 Å². The highest BCUT2D eigenvalue weighted by Gasteiger charge is 2.17. The second-order valence-corrected chi connectivity index (χ2v) is 4.65. The van der Waals surface area contributed by atoms with Crippen LogP contribution in [0.25, 0.3) is 0 Å². The van der Waals surface area contributed by atoms with Crippen LogP contribution in [0.4, 0.5) is 4.79 Å². The van der Waals surface area contributed by atoms with Crippen LogP contribution in [-0.4, -0.2) is 17.1 Å². The first-order valence-electron chi connectivity index (χ1n) is 6.65. The molecule has 0 saturated carbocycles. The Labute approximate surface area is 127 Å². The van der Waals surface area contributed by atoms with Gasteiger partial charge < -0.3 is 20.9 Å².